The Hall–Kier alpha value is -0.370. The topological polar surface area (TPSA) is 35.1 Å². The van der Waals surface area contributed by atoms with Gasteiger partial charge in [0.1, 0.15) is 4.75 Å². The van der Waals surface area contributed by atoms with Gasteiger partial charge in [-0.25, -0.2) is 0 Å². The molecule has 0 heterocycles. The Kier molecular flexibility index (Phi) is 5.83. The minimum absolute atomic E-state index is 0.141. The maximum absolute atomic E-state index is 12.2. The fourth-order valence-corrected chi connectivity index (χ4v) is 2.71. The maximum atomic E-state index is 12.2. The first-order chi connectivity index (χ1) is 8.99. The number of nitrogens with one attached hydrogen (secondary N) is 1. The molecule has 0 fully saturated rings. The summed E-state index contributed by atoms with van der Waals surface area (Å²) in [5.74, 6) is 0. The molecule has 0 radical (unpaired) electrons. The highest BCUT2D eigenvalue weighted by Crippen LogP contribution is 2.37. The van der Waals surface area contributed by atoms with Gasteiger partial charge in [-0.15, -0.1) is 4.72 Å². The summed E-state index contributed by atoms with van der Waals surface area (Å²) >= 11 is -1.37. The van der Waals surface area contributed by atoms with Crippen LogP contribution in [-0.4, -0.2) is 14.8 Å². The zero-order valence-corrected chi connectivity index (χ0v) is 13.4. The lowest BCUT2D eigenvalue weighted by Gasteiger charge is -2.26. The monoisotopic (exact) mass is 325 g/mol. The molecule has 1 rings (SSSR count). The van der Waals surface area contributed by atoms with Crippen LogP contribution in [-0.2, 0) is 11.4 Å². The molecular weight excluding hydrogens is 307 g/mol. The van der Waals surface area contributed by atoms with Crippen LogP contribution >= 0.6 is 11.8 Å². The van der Waals surface area contributed by atoms with Gasteiger partial charge < -0.3 is 4.55 Å². The summed E-state index contributed by atoms with van der Waals surface area (Å²) in [4.78, 5) is 0.144. The van der Waals surface area contributed by atoms with Gasteiger partial charge in [0.15, 0.2) is 0 Å². The molecule has 0 aromatic heterocycles. The van der Waals surface area contributed by atoms with E-state index in [4.69, 9.17) is 0 Å². The quantitative estimate of drug-likeness (QED) is 0.658. The number of rotatable bonds is 4. The van der Waals surface area contributed by atoms with Gasteiger partial charge in [-0.3, -0.25) is 0 Å². The predicted octanol–water partition coefficient (Wildman–Crippen LogP) is 4.41. The van der Waals surface area contributed by atoms with Crippen LogP contribution in [0.5, 0.6) is 0 Å². The molecule has 0 bridgehead atoms. The number of alkyl halides is 3. The molecule has 0 aliphatic heterocycles. The van der Waals surface area contributed by atoms with Crippen LogP contribution in [0.4, 0.5) is 13.2 Å². The molecule has 1 aromatic rings. The highest BCUT2D eigenvalue weighted by molar-refractivity contribution is 8.00. The molecule has 0 aliphatic carbocycles. The van der Waals surface area contributed by atoms with Crippen LogP contribution in [0.25, 0.3) is 0 Å². The Morgan fingerprint density at radius 1 is 1.15 bits per heavy atom. The lowest BCUT2D eigenvalue weighted by Crippen LogP contribution is -2.40. The average molecular weight is 325 g/mol. The van der Waals surface area contributed by atoms with Gasteiger partial charge in [0.05, 0.1) is 6.04 Å². The standard InChI is InChI=1S/C13H18F3NOS2/c1-9(17-20(18)12(2,3)4)10-5-7-11(8-6-10)19-13(14,15)16/h5-9,17H,1-4H3/t9?,20-/m1/s1. The Balaban J connectivity index is 2.69. The van der Waals surface area contributed by atoms with E-state index in [-0.39, 0.29) is 27.4 Å². The lowest BCUT2D eigenvalue weighted by atomic mass is 10.1. The number of benzene rings is 1. The normalized spacial score (nSPS) is 16.0. The molecule has 0 saturated carbocycles. The molecule has 20 heavy (non-hydrogen) atoms. The molecule has 1 N–H and O–H groups in total. The van der Waals surface area contributed by atoms with Crippen LogP contribution in [0, 0.1) is 0 Å². The third kappa shape index (κ3) is 5.95. The number of hydrogen-bond donors (Lipinski definition) is 1. The van der Waals surface area contributed by atoms with Gasteiger partial charge >= 0.3 is 5.51 Å². The van der Waals surface area contributed by atoms with Gasteiger partial charge in [0.25, 0.3) is 0 Å². The summed E-state index contributed by atoms with van der Waals surface area (Å²) in [7, 11) is 0. The van der Waals surface area contributed by atoms with E-state index in [0.717, 1.165) is 5.56 Å². The first-order valence-corrected chi connectivity index (χ1v) is 7.99. The molecule has 0 saturated heterocycles. The van der Waals surface area contributed by atoms with E-state index in [1.54, 1.807) is 12.1 Å². The smallest absolute Gasteiger partial charge is 0.446 e. The van der Waals surface area contributed by atoms with Crippen LogP contribution in [0.1, 0.15) is 39.3 Å². The number of halogens is 3. The van der Waals surface area contributed by atoms with E-state index in [9.17, 15) is 17.7 Å². The minimum atomic E-state index is -4.28. The molecule has 0 amide bonds. The molecule has 7 heteroatoms. The summed E-state index contributed by atoms with van der Waals surface area (Å²) in [6.45, 7) is 7.39. The van der Waals surface area contributed by atoms with Crippen LogP contribution < -0.4 is 4.72 Å². The first kappa shape index (κ1) is 17.7. The third-order valence-electron chi connectivity index (χ3n) is 2.45. The van der Waals surface area contributed by atoms with E-state index in [2.05, 4.69) is 4.72 Å². The van der Waals surface area contributed by atoms with E-state index < -0.39 is 16.9 Å². The Morgan fingerprint density at radius 3 is 2.05 bits per heavy atom. The van der Waals surface area contributed by atoms with Gasteiger partial charge in [0, 0.05) is 16.3 Å². The lowest BCUT2D eigenvalue weighted by molar-refractivity contribution is -0.0328. The molecule has 0 spiro atoms. The summed E-state index contributed by atoms with van der Waals surface area (Å²) < 4.78 is 51.2. The predicted molar refractivity (Wildman–Crippen MR) is 77.8 cm³/mol. The van der Waals surface area contributed by atoms with Gasteiger partial charge in [-0.1, -0.05) is 12.1 Å². The second kappa shape index (κ2) is 6.60. The van der Waals surface area contributed by atoms with Crippen molar-refractivity contribution in [3.8, 4) is 0 Å². The average Bonchev–Trinajstić information content (AvgIpc) is 2.26. The van der Waals surface area contributed by atoms with Crippen molar-refractivity contribution in [2.75, 3.05) is 0 Å². The van der Waals surface area contributed by atoms with Crippen molar-refractivity contribution in [3.05, 3.63) is 29.8 Å². The van der Waals surface area contributed by atoms with E-state index >= 15 is 0 Å². The summed E-state index contributed by atoms with van der Waals surface area (Å²) in [6.07, 6.45) is 0. The summed E-state index contributed by atoms with van der Waals surface area (Å²) in [5, 5.41) is 0. The van der Waals surface area contributed by atoms with E-state index in [1.165, 1.54) is 12.1 Å². The van der Waals surface area contributed by atoms with Crippen LogP contribution in [0.15, 0.2) is 29.2 Å². The fourth-order valence-electron chi connectivity index (χ4n) is 1.36. The molecule has 2 atom stereocenters. The second-order valence-electron chi connectivity index (χ2n) is 5.34. The Bertz CT molecular complexity index is 429. The Morgan fingerprint density at radius 2 is 1.65 bits per heavy atom. The Labute approximate surface area is 124 Å². The van der Waals surface area contributed by atoms with Crippen molar-refractivity contribution in [2.45, 2.75) is 48.9 Å². The largest absolute Gasteiger partial charge is 0.598 e. The van der Waals surface area contributed by atoms with Crippen molar-refractivity contribution in [1.29, 1.82) is 0 Å². The van der Waals surface area contributed by atoms with Gasteiger partial charge in [0.2, 0.25) is 0 Å². The van der Waals surface area contributed by atoms with Crippen molar-refractivity contribution in [3.63, 3.8) is 0 Å². The summed E-state index contributed by atoms with van der Waals surface area (Å²) in [5.41, 5.74) is -3.48. The minimum Gasteiger partial charge on any atom is -0.598 e. The zero-order chi connectivity index (χ0) is 15.6. The van der Waals surface area contributed by atoms with E-state index in [1.807, 2.05) is 27.7 Å². The second-order valence-corrected chi connectivity index (χ2v) is 8.47. The molecule has 1 unspecified atom stereocenters. The molecule has 2 nitrogen and oxygen atoms in total. The highest BCUT2D eigenvalue weighted by Gasteiger charge is 2.30. The molecule has 1 aromatic carbocycles. The van der Waals surface area contributed by atoms with Crippen molar-refractivity contribution in [2.24, 2.45) is 0 Å². The van der Waals surface area contributed by atoms with Gasteiger partial charge in [-0.2, -0.15) is 13.2 Å². The molecule has 114 valence electrons. The fraction of sp³-hybridized carbons (Fsp3) is 0.538. The zero-order valence-electron chi connectivity index (χ0n) is 11.7. The molecular formula is C13H18F3NOS2. The van der Waals surface area contributed by atoms with Crippen LogP contribution in [0.2, 0.25) is 0 Å². The third-order valence-corrected chi connectivity index (χ3v) is 4.87. The van der Waals surface area contributed by atoms with Gasteiger partial charge in [-0.05, 0) is 57.2 Å². The first-order valence-electron chi connectivity index (χ1n) is 6.03. The van der Waals surface area contributed by atoms with E-state index in [0.29, 0.717) is 0 Å². The molecule has 0 aliphatic rings. The van der Waals surface area contributed by atoms with Crippen LogP contribution in [0.3, 0.4) is 0 Å². The maximum Gasteiger partial charge on any atom is 0.446 e. The van der Waals surface area contributed by atoms with Crippen molar-refractivity contribution in [1.82, 2.24) is 4.72 Å². The van der Waals surface area contributed by atoms with Crippen molar-refractivity contribution >= 4 is 23.1 Å². The SMILES string of the molecule is CC(N[S@+]([O-])C(C)(C)C)c1ccc(SC(F)(F)F)cc1. The number of hydrogen-bond acceptors (Lipinski definition) is 3. The summed E-state index contributed by atoms with van der Waals surface area (Å²) in [6, 6.07) is 5.88. The van der Waals surface area contributed by atoms with Crippen molar-refractivity contribution < 1.29 is 17.7 Å². The number of thioether (sulfide) groups is 1. The highest BCUT2D eigenvalue weighted by atomic mass is 32.2.